The standard InChI is InChI=1S/C13H21N3O2/c1-14-10(8-3-4-8)7-11-15-13(16-18-11)12(17-2)9-5-6-9/h8-10,12,14H,3-7H2,1-2H3. The highest BCUT2D eigenvalue weighted by Crippen LogP contribution is 2.42. The van der Waals surface area contributed by atoms with Crippen molar-refractivity contribution in [3.05, 3.63) is 11.7 Å². The van der Waals surface area contributed by atoms with Crippen LogP contribution in [-0.4, -0.2) is 30.3 Å². The van der Waals surface area contributed by atoms with Crippen molar-refractivity contribution in [1.82, 2.24) is 15.5 Å². The highest BCUT2D eigenvalue weighted by molar-refractivity contribution is 5.00. The van der Waals surface area contributed by atoms with E-state index in [0.717, 1.165) is 24.1 Å². The number of likely N-dealkylation sites (N-methyl/N-ethyl adjacent to an activating group) is 1. The van der Waals surface area contributed by atoms with Crippen molar-refractivity contribution in [2.75, 3.05) is 14.2 Å². The smallest absolute Gasteiger partial charge is 0.228 e. The van der Waals surface area contributed by atoms with Gasteiger partial charge in [0.15, 0.2) is 0 Å². The lowest BCUT2D eigenvalue weighted by molar-refractivity contribution is 0.0751. The Labute approximate surface area is 107 Å². The molecule has 5 nitrogen and oxygen atoms in total. The van der Waals surface area contributed by atoms with Gasteiger partial charge in [-0.1, -0.05) is 5.16 Å². The Morgan fingerprint density at radius 1 is 1.33 bits per heavy atom. The minimum Gasteiger partial charge on any atom is -0.373 e. The monoisotopic (exact) mass is 251 g/mol. The van der Waals surface area contributed by atoms with Crippen LogP contribution in [0.3, 0.4) is 0 Å². The maximum Gasteiger partial charge on any atom is 0.228 e. The van der Waals surface area contributed by atoms with Crippen LogP contribution in [0.25, 0.3) is 0 Å². The Morgan fingerprint density at radius 3 is 2.61 bits per heavy atom. The average Bonchev–Trinajstić information content (AvgIpc) is 3.27. The van der Waals surface area contributed by atoms with E-state index < -0.39 is 0 Å². The highest BCUT2D eigenvalue weighted by atomic mass is 16.5. The third-order valence-electron chi connectivity index (χ3n) is 4.00. The van der Waals surface area contributed by atoms with Gasteiger partial charge in [-0.25, -0.2) is 0 Å². The zero-order chi connectivity index (χ0) is 12.5. The lowest BCUT2D eigenvalue weighted by atomic mass is 10.1. The van der Waals surface area contributed by atoms with Crippen molar-refractivity contribution in [3.8, 4) is 0 Å². The maximum atomic E-state index is 5.46. The van der Waals surface area contributed by atoms with Gasteiger partial charge in [0.05, 0.1) is 0 Å². The fourth-order valence-corrected chi connectivity index (χ4v) is 2.57. The predicted octanol–water partition coefficient (Wildman–Crippen LogP) is 1.71. The van der Waals surface area contributed by atoms with Gasteiger partial charge in [-0.2, -0.15) is 4.98 Å². The molecule has 1 aromatic heterocycles. The second kappa shape index (κ2) is 4.97. The van der Waals surface area contributed by atoms with Gasteiger partial charge in [0.2, 0.25) is 11.7 Å². The third-order valence-corrected chi connectivity index (χ3v) is 4.00. The van der Waals surface area contributed by atoms with Crippen LogP contribution in [0.2, 0.25) is 0 Å². The number of aromatic nitrogens is 2. The van der Waals surface area contributed by atoms with Crippen LogP contribution >= 0.6 is 0 Å². The van der Waals surface area contributed by atoms with Gasteiger partial charge in [0.1, 0.15) is 6.10 Å². The van der Waals surface area contributed by atoms with Gasteiger partial charge < -0.3 is 14.6 Å². The summed E-state index contributed by atoms with van der Waals surface area (Å²) in [7, 11) is 3.72. The van der Waals surface area contributed by atoms with E-state index in [1.807, 2.05) is 7.05 Å². The quantitative estimate of drug-likeness (QED) is 0.799. The summed E-state index contributed by atoms with van der Waals surface area (Å²) in [5, 5.41) is 7.42. The van der Waals surface area contributed by atoms with Crippen molar-refractivity contribution in [2.24, 2.45) is 11.8 Å². The van der Waals surface area contributed by atoms with E-state index in [-0.39, 0.29) is 6.10 Å². The Kier molecular flexibility index (Phi) is 3.35. The average molecular weight is 251 g/mol. The predicted molar refractivity (Wildman–Crippen MR) is 66.0 cm³/mol. The summed E-state index contributed by atoms with van der Waals surface area (Å²) < 4.78 is 10.8. The van der Waals surface area contributed by atoms with Gasteiger partial charge in [-0.15, -0.1) is 0 Å². The Bertz CT molecular complexity index is 399. The molecule has 1 heterocycles. The first-order chi connectivity index (χ1) is 8.81. The Morgan fingerprint density at radius 2 is 2.06 bits per heavy atom. The van der Waals surface area contributed by atoms with Crippen LogP contribution in [0, 0.1) is 11.8 Å². The van der Waals surface area contributed by atoms with Crippen LogP contribution in [0.15, 0.2) is 4.52 Å². The SMILES string of the molecule is CNC(Cc1nc(C(OC)C2CC2)no1)C1CC1. The minimum atomic E-state index is 0.0245. The Balaban J connectivity index is 1.64. The second-order valence-corrected chi connectivity index (χ2v) is 5.48. The minimum absolute atomic E-state index is 0.0245. The van der Waals surface area contributed by atoms with E-state index in [2.05, 4.69) is 15.5 Å². The molecule has 5 heteroatoms. The topological polar surface area (TPSA) is 60.2 Å². The van der Waals surface area contributed by atoms with E-state index in [4.69, 9.17) is 9.26 Å². The molecule has 2 atom stereocenters. The summed E-state index contributed by atoms with van der Waals surface area (Å²) in [6, 6.07) is 0.472. The number of nitrogens with one attached hydrogen (secondary N) is 1. The number of hydrogen-bond acceptors (Lipinski definition) is 5. The number of nitrogens with zero attached hydrogens (tertiary/aromatic N) is 2. The lowest BCUT2D eigenvalue weighted by Crippen LogP contribution is -2.29. The van der Waals surface area contributed by atoms with Crippen LogP contribution in [0.1, 0.15) is 43.5 Å². The molecule has 100 valence electrons. The fraction of sp³-hybridized carbons (Fsp3) is 0.846. The van der Waals surface area contributed by atoms with E-state index in [9.17, 15) is 0 Å². The summed E-state index contributed by atoms with van der Waals surface area (Å²) in [5.74, 6) is 2.83. The van der Waals surface area contributed by atoms with Gasteiger partial charge in [0.25, 0.3) is 0 Å². The first-order valence-corrected chi connectivity index (χ1v) is 6.84. The number of methoxy groups -OCH3 is 1. The molecular formula is C13H21N3O2. The van der Waals surface area contributed by atoms with Crippen LogP contribution in [0.4, 0.5) is 0 Å². The molecule has 2 aliphatic rings. The summed E-state index contributed by atoms with van der Waals surface area (Å²) >= 11 is 0. The van der Waals surface area contributed by atoms with Crippen LogP contribution < -0.4 is 5.32 Å². The molecular weight excluding hydrogens is 230 g/mol. The van der Waals surface area contributed by atoms with Crippen molar-refractivity contribution < 1.29 is 9.26 Å². The summed E-state index contributed by atoms with van der Waals surface area (Å²) in [4.78, 5) is 4.50. The van der Waals surface area contributed by atoms with Crippen molar-refractivity contribution in [3.63, 3.8) is 0 Å². The molecule has 2 saturated carbocycles. The van der Waals surface area contributed by atoms with Crippen LogP contribution in [-0.2, 0) is 11.2 Å². The number of rotatable bonds is 7. The van der Waals surface area contributed by atoms with Gasteiger partial charge in [-0.05, 0) is 44.6 Å². The number of ether oxygens (including phenoxy) is 1. The lowest BCUT2D eigenvalue weighted by Gasteiger charge is -2.11. The molecule has 0 aliphatic heterocycles. The summed E-state index contributed by atoms with van der Waals surface area (Å²) in [5.41, 5.74) is 0. The largest absolute Gasteiger partial charge is 0.373 e. The zero-order valence-corrected chi connectivity index (χ0v) is 11.1. The highest BCUT2D eigenvalue weighted by Gasteiger charge is 2.36. The second-order valence-electron chi connectivity index (χ2n) is 5.48. The molecule has 1 aromatic rings. The summed E-state index contributed by atoms with van der Waals surface area (Å²) in [6.45, 7) is 0. The van der Waals surface area contributed by atoms with Gasteiger partial charge >= 0.3 is 0 Å². The molecule has 18 heavy (non-hydrogen) atoms. The Hall–Kier alpha value is -0.940. The van der Waals surface area contributed by atoms with Gasteiger partial charge in [-0.3, -0.25) is 0 Å². The molecule has 0 bridgehead atoms. The van der Waals surface area contributed by atoms with Crippen molar-refractivity contribution in [1.29, 1.82) is 0 Å². The molecule has 1 N–H and O–H groups in total. The van der Waals surface area contributed by atoms with Gasteiger partial charge in [0, 0.05) is 19.6 Å². The van der Waals surface area contributed by atoms with E-state index in [1.165, 1.54) is 25.7 Å². The maximum absolute atomic E-state index is 5.46. The van der Waals surface area contributed by atoms with Crippen molar-refractivity contribution >= 4 is 0 Å². The molecule has 3 rings (SSSR count). The van der Waals surface area contributed by atoms with Crippen LogP contribution in [0.5, 0.6) is 0 Å². The molecule has 0 saturated heterocycles. The molecule has 0 amide bonds. The molecule has 0 spiro atoms. The molecule has 0 radical (unpaired) electrons. The van der Waals surface area contributed by atoms with Crippen molar-refractivity contribution in [2.45, 2.75) is 44.2 Å². The first kappa shape index (κ1) is 12.1. The normalized spacial score (nSPS) is 23.0. The van der Waals surface area contributed by atoms with E-state index in [1.54, 1.807) is 7.11 Å². The summed E-state index contributed by atoms with van der Waals surface area (Å²) in [6.07, 6.45) is 5.91. The zero-order valence-electron chi connectivity index (χ0n) is 11.1. The molecule has 2 fully saturated rings. The van der Waals surface area contributed by atoms with E-state index in [0.29, 0.717) is 12.0 Å². The third kappa shape index (κ3) is 2.57. The molecule has 0 aromatic carbocycles. The first-order valence-electron chi connectivity index (χ1n) is 6.84. The fourth-order valence-electron chi connectivity index (χ4n) is 2.57. The molecule has 2 aliphatic carbocycles. The molecule has 2 unspecified atom stereocenters. The number of hydrogen-bond donors (Lipinski definition) is 1. The van der Waals surface area contributed by atoms with E-state index >= 15 is 0 Å².